The van der Waals surface area contributed by atoms with Gasteiger partial charge in [-0.15, -0.1) is 5.10 Å². The van der Waals surface area contributed by atoms with Crippen LogP contribution in [0.1, 0.15) is 66.6 Å². The highest BCUT2D eigenvalue weighted by atomic mass is 32.2. The second kappa shape index (κ2) is 12.8. The van der Waals surface area contributed by atoms with Crippen LogP contribution in [0.25, 0.3) is 5.69 Å². The number of nitrogens with zero attached hydrogens (tertiary/aromatic N) is 4. The molecule has 0 bridgehead atoms. The van der Waals surface area contributed by atoms with Crippen molar-refractivity contribution in [3.05, 3.63) is 52.7 Å². The van der Waals surface area contributed by atoms with Crippen molar-refractivity contribution in [2.45, 2.75) is 47.0 Å². The van der Waals surface area contributed by atoms with Crippen LogP contribution in [0.4, 0.5) is 17.2 Å². The molecule has 0 atom stereocenters. The normalized spacial score (nSPS) is 12.2. The second-order valence-corrected chi connectivity index (χ2v) is 14.8. The number of nitrogen functional groups attached to an aromatic ring is 1. The molecule has 240 valence electrons. The highest BCUT2D eigenvalue weighted by Crippen LogP contribution is 2.39. The maximum Gasteiger partial charge on any atom is 0.275 e. The minimum absolute atomic E-state index is 0.0189. The van der Waals surface area contributed by atoms with Crippen LogP contribution in [0.5, 0.6) is 5.75 Å². The Kier molecular flexibility index (Phi) is 10.0. The first kappa shape index (κ1) is 34.3. The van der Waals surface area contributed by atoms with Crippen LogP contribution in [0.15, 0.2) is 30.3 Å². The van der Waals surface area contributed by atoms with E-state index in [0.29, 0.717) is 12.2 Å². The number of aromatic nitrogens is 3. The number of hydrogen-bond donors (Lipinski definition) is 4. The zero-order chi connectivity index (χ0) is 33.2. The van der Waals surface area contributed by atoms with E-state index in [4.69, 9.17) is 10.5 Å². The number of carbonyl (C=O) groups excluding carboxylic acids is 2. The Bertz CT molecular complexity index is 1660. The Balaban J connectivity index is 1.94. The number of sulfonamides is 1. The molecule has 14 heteroatoms. The number of nitrogens with two attached hydrogens (primary N) is 1. The van der Waals surface area contributed by atoms with E-state index in [1.54, 1.807) is 30.3 Å². The lowest BCUT2D eigenvalue weighted by molar-refractivity contribution is 0.0924. The van der Waals surface area contributed by atoms with Gasteiger partial charge in [-0.1, -0.05) is 45.9 Å². The summed E-state index contributed by atoms with van der Waals surface area (Å²) in [5.41, 5.74) is 8.49. The average Bonchev–Trinajstić information content (AvgIpc) is 3.26. The monoisotopic (exact) mass is 628 g/mol. The zero-order valence-electron chi connectivity index (χ0n) is 27.1. The highest BCUT2D eigenvalue weighted by molar-refractivity contribution is 7.92. The molecule has 5 N–H and O–H groups in total. The lowest BCUT2D eigenvalue weighted by Crippen LogP contribution is -2.40. The molecule has 2 amide bonds. The van der Waals surface area contributed by atoms with Gasteiger partial charge in [0.05, 0.1) is 30.4 Å². The van der Waals surface area contributed by atoms with Crippen LogP contribution in [-0.2, 0) is 15.4 Å². The van der Waals surface area contributed by atoms with Gasteiger partial charge in [0.2, 0.25) is 10.0 Å². The van der Waals surface area contributed by atoms with Crippen molar-refractivity contribution in [3.8, 4) is 11.4 Å². The number of benzene rings is 2. The minimum Gasteiger partial charge on any atom is -0.492 e. The smallest absolute Gasteiger partial charge is 0.275 e. The van der Waals surface area contributed by atoms with Gasteiger partial charge in [0, 0.05) is 18.7 Å². The average molecular weight is 629 g/mol. The molecule has 0 fully saturated rings. The molecule has 0 saturated carbocycles. The first-order valence-electron chi connectivity index (χ1n) is 14.0. The lowest BCUT2D eigenvalue weighted by Gasteiger charge is -2.28. The van der Waals surface area contributed by atoms with Gasteiger partial charge in [0.1, 0.15) is 0 Å². The Labute approximate surface area is 259 Å². The van der Waals surface area contributed by atoms with Crippen molar-refractivity contribution in [3.63, 3.8) is 0 Å². The summed E-state index contributed by atoms with van der Waals surface area (Å²) in [5.74, 6) is -0.740. The van der Waals surface area contributed by atoms with Gasteiger partial charge in [0.25, 0.3) is 11.8 Å². The molecule has 1 heterocycles. The summed E-state index contributed by atoms with van der Waals surface area (Å²) < 4.78 is 33.5. The van der Waals surface area contributed by atoms with E-state index in [9.17, 15) is 18.0 Å². The number of aryl methyl sites for hydroxylation is 1. The fourth-order valence-electron chi connectivity index (χ4n) is 4.77. The fraction of sp³-hybridized carbons (Fsp3) is 0.467. The number of amides is 2. The summed E-state index contributed by atoms with van der Waals surface area (Å²) in [6.45, 7) is 13.0. The molecule has 2 aromatic carbocycles. The SMILES string of the molecule is COc1c(NC(=O)c2ccc(C)c(-n3nnc(C(=O)NCC(C)(C)CN(C)C)c3N)c2)cc(C(C)(C)C)cc1NS(C)(=O)=O. The van der Waals surface area contributed by atoms with Crippen LogP contribution < -0.4 is 25.8 Å². The van der Waals surface area contributed by atoms with Crippen LogP contribution in [0.2, 0.25) is 0 Å². The number of methoxy groups -OCH3 is 1. The Morgan fingerprint density at radius 2 is 1.68 bits per heavy atom. The predicted octanol–water partition coefficient (Wildman–Crippen LogP) is 3.41. The molecule has 0 radical (unpaired) electrons. The number of anilines is 3. The fourth-order valence-corrected chi connectivity index (χ4v) is 5.32. The molecule has 0 aliphatic carbocycles. The van der Waals surface area contributed by atoms with Gasteiger partial charge in [-0.05, 0) is 67.2 Å². The van der Waals surface area contributed by atoms with Crippen LogP contribution in [0.3, 0.4) is 0 Å². The standard InChI is InChI=1S/C30H44N8O5S/c1-18-11-12-19(13-23(18)38-26(31)24(34-36-38)28(40)32-16-30(5,6)17-37(7)8)27(39)33-21-14-20(29(2,3)4)15-22(25(21)43-9)35-44(10,41)42/h11-15,35H,16-17,31H2,1-10H3,(H,32,40)(H,33,39). The molecule has 3 aromatic rings. The molecule has 44 heavy (non-hydrogen) atoms. The van der Waals surface area contributed by atoms with Crippen LogP contribution >= 0.6 is 0 Å². The topological polar surface area (TPSA) is 174 Å². The van der Waals surface area contributed by atoms with Crippen molar-refractivity contribution >= 4 is 39.0 Å². The van der Waals surface area contributed by atoms with Gasteiger partial charge in [0.15, 0.2) is 17.3 Å². The molecule has 1 aromatic heterocycles. The molecule has 0 unspecified atom stereocenters. The lowest BCUT2D eigenvalue weighted by atomic mass is 9.86. The van der Waals surface area contributed by atoms with E-state index in [0.717, 1.165) is 23.9 Å². The van der Waals surface area contributed by atoms with Gasteiger partial charge in [-0.25, -0.2) is 8.42 Å². The third-order valence-corrected chi connectivity index (χ3v) is 7.38. The van der Waals surface area contributed by atoms with Crippen molar-refractivity contribution in [2.75, 3.05) is 56.3 Å². The molecule has 13 nitrogen and oxygen atoms in total. The summed E-state index contributed by atoms with van der Waals surface area (Å²) in [6, 6.07) is 8.39. The largest absolute Gasteiger partial charge is 0.492 e. The highest BCUT2D eigenvalue weighted by Gasteiger charge is 2.25. The molecule has 0 spiro atoms. The Morgan fingerprint density at radius 3 is 2.25 bits per heavy atom. The first-order chi connectivity index (χ1) is 20.2. The summed E-state index contributed by atoms with van der Waals surface area (Å²) >= 11 is 0. The van der Waals surface area contributed by atoms with Gasteiger partial charge < -0.3 is 26.0 Å². The summed E-state index contributed by atoms with van der Waals surface area (Å²) in [5, 5.41) is 13.9. The van der Waals surface area contributed by atoms with Crippen molar-refractivity contribution in [1.29, 1.82) is 0 Å². The second-order valence-electron chi connectivity index (χ2n) is 13.0. The number of ether oxygens (including phenoxy) is 1. The Hall–Kier alpha value is -4.17. The number of carbonyl (C=O) groups is 2. The van der Waals surface area contributed by atoms with Crippen molar-refractivity contribution in [1.82, 2.24) is 25.2 Å². The van der Waals surface area contributed by atoms with E-state index in [-0.39, 0.29) is 45.0 Å². The van der Waals surface area contributed by atoms with E-state index < -0.39 is 21.8 Å². The van der Waals surface area contributed by atoms with Crippen molar-refractivity contribution in [2.24, 2.45) is 5.41 Å². The summed E-state index contributed by atoms with van der Waals surface area (Å²) in [4.78, 5) is 28.5. The van der Waals surface area contributed by atoms with Crippen molar-refractivity contribution < 1.29 is 22.7 Å². The number of nitrogens with one attached hydrogen (secondary N) is 3. The first-order valence-corrected chi connectivity index (χ1v) is 15.9. The summed E-state index contributed by atoms with van der Waals surface area (Å²) in [6.07, 6.45) is 1.04. The third-order valence-electron chi connectivity index (χ3n) is 6.79. The van der Waals surface area contributed by atoms with Crippen LogP contribution in [0, 0.1) is 12.3 Å². The Morgan fingerprint density at radius 1 is 1.05 bits per heavy atom. The molecule has 0 aliphatic heterocycles. The third kappa shape index (κ3) is 8.47. The molecule has 0 saturated heterocycles. The van der Waals surface area contributed by atoms with E-state index >= 15 is 0 Å². The molecular formula is C30H44N8O5S. The van der Waals surface area contributed by atoms with E-state index in [1.165, 1.54) is 11.8 Å². The predicted molar refractivity (Wildman–Crippen MR) is 173 cm³/mol. The van der Waals surface area contributed by atoms with Gasteiger partial charge in [-0.3, -0.25) is 14.3 Å². The number of hydrogen-bond acceptors (Lipinski definition) is 9. The van der Waals surface area contributed by atoms with E-state index in [1.807, 2.05) is 60.5 Å². The minimum atomic E-state index is -3.64. The van der Waals surface area contributed by atoms with E-state index in [2.05, 4.69) is 25.7 Å². The quantitative estimate of drug-likeness (QED) is 0.248. The summed E-state index contributed by atoms with van der Waals surface area (Å²) in [7, 11) is 1.70. The van der Waals surface area contributed by atoms with Crippen LogP contribution in [-0.4, -0.2) is 80.7 Å². The van der Waals surface area contributed by atoms with Gasteiger partial charge >= 0.3 is 0 Å². The molecular weight excluding hydrogens is 584 g/mol. The maximum atomic E-state index is 13.5. The zero-order valence-corrected chi connectivity index (χ0v) is 27.9. The molecule has 0 aliphatic rings. The maximum absolute atomic E-state index is 13.5. The molecule has 3 rings (SSSR count). The number of rotatable bonds is 11. The van der Waals surface area contributed by atoms with Gasteiger partial charge in [-0.2, -0.15) is 4.68 Å².